The zero-order chi connectivity index (χ0) is 37.2. The number of hydrogen-bond donors (Lipinski definition) is 11. The molecule has 11 nitrogen and oxygen atoms in total. The van der Waals surface area contributed by atoms with E-state index in [2.05, 4.69) is 0 Å². The summed E-state index contributed by atoms with van der Waals surface area (Å²) < 4.78 is 0. The van der Waals surface area contributed by atoms with Crippen molar-refractivity contribution in [3.63, 3.8) is 0 Å². The quantitative estimate of drug-likeness (QED) is 0.212. The van der Waals surface area contributed by atoms with Crippen molar-refractivity contribution in [1.82, 2.24) is 0 Å². The normalized spacial score (nSPS) is 9.79. The van der Waals surface area contributed by atoms with Gasteiger partial charge < -0.3 is 56.2 Å². The minimum Gasteiger partial charge on any atom is -0.396 e. The molecule has 0 aromatic carbocycles. The first kappa shape index (κ1) is 68.6. The molecule has 0 saturated carbocycles. The van der Waals surface area contributed by atoms with Gasteiger partial charge in [-0.1, -0.05) is 0 Å². The maximum absolute atomic E-state index is 8.39. The van der Waals surface area contributed by atoms with Crippen LogP contribution in [0.5, 0.6) is 0 Å². The summed E-state index contributed by atoms with van der Waals surface area (Å²) in [6.45, 7) is 32.7. The van der Waals surface area contributed by atoms with Crippen LogP contribution in [0.2, 0.25) is 0 Å². The first-order valence-corrected chi connectivity index (χ1v) is 14.8. The van der Waals surface area contributed by atoms with E-state index < -0.39 is 0 Å². The Morgan fingerprint density at radius 1 is 0.262 bits per heavy atom. The summed E-state index contributed by atoms with van der Waals surface area (Å²) in [6.07, 6.45) is -1.37. The monoisotopic (exact) mass is 631 g/mol. The second kappa shape index (κ2) is 63.7. The smallest absolute Gasteiger partial charge is 0.0533 e. The van der Waals surface area contributed by atoms with Gasteiger partial charge >= 0.3 is 0 Å². The average molecular weight is 631 g/mol. The average Bonchev–Trinajstić information content (AvgIpc) is 2.56. The zero-order valence-corrected chi connectivity index (χ0v) is 31.1. The fraction of sp³-hybridized carbons (Fsp3) is 1.00. The first-order valence-electron chi connectivity index (χ1n) is 14.8. The van der Waals surface area contributed by atoms with Crippen LogP contribution in [0.4, 0.5) is 0 Å². The van der Waals surface area contributed by atoms with E-state index in [4.69, 9.17) is 56.2 Å². The summed E-state index contributed by atoms with van der Waals surface area (Å²) >= 11 is 0. The Labute approximate surface area is 261 Å². The predicted octanol–water partition coefficient (Wildman–Crippen LogP) is 3.23. The number of aliphatic hydroxyl groups excluding tert-OH is 11. The van der Waals surface area contributed by atoms with Gasteiger partial charge in [0.25, 0.3) is 0 Å². The summed E-state index contributed by atoms with van der Waals surface area (Å²) in [7, 11) is 0. The van der Waals surface area contributed by atoms with E-state index in [1.807, 2.05) is 0 Å². The van der Waals surface area contributed by atoms with Crippen molar-refractivity contribution in [2.45, 2.75) is 199 Å². The SMILES string of the molecule is CC(C)O.CC(C)O.CC(C)O.CC(C)O.CC(C)O.CC(C)O.CC(C)O.CC(C)O.CC(C)O.CC(O)CCO. The largest absolute Gasteiger partial charge is 0.396 e. The van der Waals surface area contributed by atoms with Crippen molar-refractivity contribution in [1.29, 1.82) is 0 Å². The molecule has 0 aromatic rings. The van der Waals surface area contributed by atoms with Crippen molar-refractivity contribution in [2.75, 3.05) is 6.61 Å². The molecule has 0 bridgehead atoms. The molecule has 0 saturated heterocycles. The Kier molecular flexibility index (Phi) is 104. The summed E-state index contributed by atoms with van der Waals surface area (Å²) in [4.78, 5) is 0. The molecule has 0 rings (SSSR count). The van der Waals surface area contributed by atoms with Crippen molar-refractivity contribution in [3.05, 3.63) is 0 Å². The van der Waals surface area contributed by atoms with Gasteiger partial charge in [-0.3, -0.25) is 0 Å². The Hall–Kier alpha value is -0.440. The molecule has 1 unspecified atom stereocenters. The molecule has 0 aromatic heterocycles. The summed E-state index contributed by atoms with van der Waals surface area (Å²) in [6, 6.07) is 0. The summed E-state index contributed by atoms with van der Waals surface area (Å²) in [5, 5.41) is 89.0. The zero-order valence-electron chi connectivity index (χ0n) is 31.1. The Balaban J connectivity index is -0.0000000340. The lowest BCUT2D eigenvalue weighted by molar-refractivity contribution is 0.148. The Bertz CT molecular complexity index is 224. The van der Waals surface area contributed by atoms with E-state index in [1.165, 1.54) is 0 Å². The standard InChI is InChI=1S/C4H10O2.9C3H8O/c1-4(6)2-3-5;9*1-3(2)4/h4-6H,2-3H2,1H3;9*3-4H,1-2H3. The van der Waals surface area contributed by atoms with Crippen LogP contribution in [0, 0.1) is 0 Å². The van der Waals surface area contributed by atoms with Crippen LogP contribution < -0.4 is 0 Å². The molecule has 11 N–H and O–H groups in total. The molecule has 0 spiro atoms. The number of aliphatic hydroxyl groups is 11. The maximum Gasteiger partial charge on any atom is 0.0533 e. The molecular formula is C31H82O11. The summed E-state index contributed by atoms with van der Waals surface area (Å²) in [5.74, 6) is 0. The fourth-order valence-electron chi connectivity index (χ4n) is 0.187. The third kappa shape index (κ3) is 8980. The van der Waals surface area contributed by atoms with E-state index in [-0.39, 0.29) is 67.6 Å². The van der Waals surface area contributed by atoms with Crippen LogP contribution in [-0.2, 0) is 0 Å². The first-order chi connectivity index (χ1) is 18.4. The van der Waals surface area contributed by atoms with Crippen molar-refractivity contribution in [2.24, 2.45) is 0 Å². The van der Waals surface area contributed by atoms with Gasteiger partial charge in [0.2, 0.25) is 0 Å². The molecular weight excluding hydrogens is 548 g/mol. The Morgan fingerprint density at radius 3 is 0.333 bits per heavy atom. The van der Waals surface area contributed by atoms with Gasteiger partial charge in [0.15, 0.2) is 0 Å². The van der Waals surface area contributed by atoms with Crippen LogP contribution in [0.1, 0.15) is 138 Å². The van der Waals surface area contributed by atoms with Gasteiger partial charge in [0, 0.05) is 61.5 Å². The van der Waals surface area contributed by atoms with Crippen LogP contribution in [0.15, 0.2) is 0 Å². The molecule has 11 heteroatoms. The molecule has 1 atom stereocenters. The summed E-state index contributed by atoms with van der Waals surface area (Å²) in [5.41, 5.74) is 0. The van der Waals surface area contributed by atoms with Gasteiger partial charge in [-0.25, -0.2) is 0 Å². The number of rotatable bonds is 2. The molecule has 0 aliphatic carbocycles. The second-order valence-corrected chi connectivity index (χ2v) is 11.2. The highest BCUT2D eigenvalue weighted by Crippen LogP contribution is 1.83. The molecule has 0 amide bonds. The van der Waals surface area contributed by atoms with Gasteiger partial charge in [-0.2, -0.15) is 0 Å². The third-order valence-electron chi connectivity index (χ3n) is 0.547. The number of hydrogen-bond acceptors (Lipinski definition) is 11. The van der Waals surface area contributed by atoms with Crippen LogP contribution >= 0.6 is 0 Å². The lowest BCUT2D eigenvalue weighted by Crippen LogP contribution is -2.00. The molecule has 42 heavy (non-hydrogen) atoms. The molecule has 0 fully saturated rings. The molecule has 272 valence electrons. The fourth-order valence-corrected chi connectivity index (χ4v) is 0.187. The van der Waals surface area contributed by atoms with Gasteiger partial charge in [-0.15, -0.1) is 0 Å². The van der Waals surface area contributed by atoms with Crippen LogP contribution in [0.25, 0.3) is 0 Å². The lowest BCUT2D eigenvalue weighted by Gasteiger charge is -1.95. The molecule has 0 heterocycles. The van der Waals surface area contributed by atoms with Crippen molar-refractivity contribution < 1.29 is 56.2 Å². The third-order valence-corrected chi connectivity index (χ3v) is 0.547. The van der Waals surface area contributed by atoms with Crippen molar-refractivity contribution >= 4 is 0 Å². The topological polar surface area (TPSA) is 223 Å². The van der Waals surface area contributed by atoms with Gasteiger partial charge in [-0.05, 0) is 138 Å². The Morgan fingerprint density at radius 2 is 0.333 bits per heavy atom. The highest BCUT2D eigenvalue weighted by atomic mass is 16.3. The predicted molar refractivity (Wildman–Crippen MR) is 180 cm³/mol. The second-order valence-electron chi connectivity index (χ2n) is 11.2. The van der Waals surface area contributed by atoms with E-state index in [0.717, 1.165) is 0 Å². The van der Waals surface area contributed by atoms with Gasteiger partial charge in [0.05, 0.1) is 6.10 Å². The lowest BCUT2D eigenvalue weighted by atomic mass is 10.3. The highest BCUT2D eigenvalue weighted by molar-refractivity contribution is 4.40. The van der Waals surface area contributed by atoms with Gasteiger partial charge in [0.1, 0.15) is 0 Å². The van der Waals surface area contributed by atoms with E-state index in [0.29, 0.717) is 6.42 Å². The maximum atomic E-state index is 8.39. The minimum absolute atomic E-state index is 0.0810. The van der Waals surface area contributed by atoms with E-state index in [1.54, 1.807) is 132 Å². The van der Waals surface area contributed by atoms with Crippen molar-refractivity contribution in [3.8, 4) is 0 Å². The molecule has 0 aliphatic rings. The minimum atomic E-state index is -0.352. The molecule has 0 radical (unpaired) electrons. The van der Waals surface area contributed by atoms with Crippen LogP contribution in [0.3, 0.4) is 0 Å². The van der Waals surface area contributed by atoms with Crippen LogP contribution in [-0.4, -0.2) is 124 Å². The highest BCUT2D eigenvalue weighted by Gasteiger charge is 1.88. The van der Waals surface area contributed by atoms with E-state index >= 15 is 0 Å². The van der Waals surface area contributed by atoms with E-state index in [9.17, 15) is 0 Å². The molecule has 0 aliphatic heterocycles.